The lowest BCUT2D eigenvalue weighted by Crippen LogP contribution is -2.41. The fourth-order valence-corrected chi connectivity index (χ4v) is 3.61. The summed E-state index contributed by atoms with van der Waals surface area (Å²) in [5.41, 5.74) is 11.3. The van der Waals surface area contributed by atoms with Crippen LogP contribution in [0.25, 0.3) is 10.9 Å². The lowest BCUT2D eigenvalue weighted by Gasteiger charge is -2.36. The van der Waals surface area contributed by atoms with E-state index in [4.69, 9.17) is 5.73 Å². The van der Waals surface area contributed by atoms with Crippen LogP contribution in [-0.2, 0) is 12.0 Å². The van der Waals surface area contributed by atoms with Crippen LogP contribution >= 0.6 is 0 Å². The van der Waals surface area contributed by atoms with Crippen molar-refractivity contribution in [2.75, 3.05) is 0 Å². The molecule has 1 aliphatic rings. The van der Waals surface area contributed by atoms with Crippen molar-refractivity contribution in [3.8, 4) is 0 Å². The summed E-state index contributed by atoms with van der Waals surface area (Å²) in [4.78, 5) is 4.59. The van der Waals surface area contributed by atoms with E-state index >= 15 is 0 Å². The maximum atomic E-state index is 6.92. The number of para-hydroxylation sites is 1. The van der Waals surface area contributed by atoms with Gasteiger partial charge in [0.05, 0.1) is 11.1 Å². The van der Waals surface area contributed by atoms with Crippen LogP contribution in [0.5, 0.6) is 0 Å². The third kappa shape index (κ3) is 1.87. The minimum atomic E-state index is -0.428. The van der Waals surface area contributed by atoms with Crippen LogP contribution in [0.2, 0.25) is 0 Å². The summed E-state index contributed by atoms with van der Waals surface area (Å²) in [7, 11) is 0. The van der Waals surface area contributed by atoms with Gasteiger partial charge in [0.15, 0.2) is 0 Å². The van der Waals surface area contributed by atoms with E-state index in [2.05, 4.69) is 53.5 Å². The average Bonchev–Trinajstić information content (AvgIpc) is 2.55. The molecule has 0 radical (unpaired) electrons. The summed E-state index contributed by atoms with van der Waals surface area (Å²) < 4.78 is 0. The van der Waals surface area contributed by atoms with Crippen molar-refractivity contribution in [1.29, 1.82) is 0 Å². The van der Waals surface area contributed by atoms with E-state index in [0.717, 1.165) is 35.7 Å². The Kier molecular flexibility index (Phi) is 2.79. The van der Waals surface area contributed by atoms with Crippen LogP contribution in [0, 0.1) is 0 Å². The van der Waals surface area contributed by atoms with Crippen LogP contribution in [-0.4, -0.2) is 4.98 Å². The van der Waals surface area contributed by atoms with Crippen LogP contribution in [0.4, 0.5) is 0 Å². The first-order valence-corrected chi connectivity index (χ1v) is 7.50. The number of hydrogen-bond acceptors (Lipinski definition) is 2. The Hall–Kier alpha value is -2.19. The van der Waals surface area contributed by atoms with E-state index in [1.807, 2.05) is 12.3 Å². The Morgan fingerprint density at radius 1 is 0.905 bits per heavy atom. The maximum Gasteiger partial charge on any atom is 0.0755 e. The van der Waals surface area contributed by atoms with Crippen LogP contribution < -0.4 is 5.73 Å². The van der Waals surface area contributed by atoms with Crippen LogP contribution in [0.15, 0.2) is 60.8 Å². The van der Waals surface area contributed by atoms with Crippen molar-refractivity contribution >= 4 is 10.9 Å². The number of aromatic nitrogens is 1. The Bertz CT molecular complexity index is 804. The Balaban J connectivity index is 2.01. The zero-order chi connectivity index (χ0) is 14.3. The van der Waals surface area contributed by atoms with Crippen molar-refractivity contribution in [2.45, 2.75) is 24.8 Å². The number of rotatable bonds is 1. The summed E-state index contributed by atoms with van der Waals surface area (Å²) in [5.74, 6) is 0. The number of pyridine rings is 1. The van der Waals surface area contributed by atoms with Crippen molar-refractivity contribution in [3.05, 3.63) is 77.5 Å². The Morgan fingerprint density at radius 2 is 1.71 bits per heavy atom. The van der Waals surface area contributed by atoms with Gasteiger partial charge in [-0.1, -0.05) is 48.5 Å². The number of nitrogens with zero attached hydrogens (tertiary/aromatic N) is 1. The normalized spacial score (nSPS) is 21.2. The standard InChI is InChI=1S/C19H18N2/c20-19(12-4-8-14-6-1-2-10-16(14)19)17-11-3-7-15-9-5-13-21-18(15)17/h1-3,5-7,9-11,13H,4,8,12,20H2. The summed E-state index contributed by atoms with van der Waals surface area (Å²) in [6, 6.07) is 19.0. The molecular formula is C19H18N2. The number of hydrogen-bond donors (Lipinski definition) is 1. The largest absolute Gasteiger partial charge is 0.318 e. The van der Waals surface area contributed by atoms with Crippen LogP contribution in [0.3, 0.4) is 0 Å². The molecule has 2 nitrogen and oxygen atoms in total. The second-order valence-corrected chi connectivity index (χ2v) is 5.86. The maximum absolute atomic E-state index is 6.92. The molecule has 0 saturated heterocycles. The third-order valence-corrected chi connectivity index (χ3v) is 4.63. The molecule has 1 atom stereocenters. The molecule has 1 aliphatic carbocycles. The molecule has 4 rings (SSSR count). The van der Waals surface area contributed by atoms with E-state index in [0.29, 0.717) is 0 Å². The van der Waals surface area contributed by atoms with Crippen molar-refractivity contribution < 1.29 is 0 Å². The van der Waals surface area contributed by atoms with Crippen molar-refractivity contribution in [1.82, 2.24) is 4.98 Å². The summed E-state index contributed by atoms with van der Waals surface area (Å²) in [5, 5.41) is 1.16. The van der Waals surface area contributed by atoms with Gasteiger partial charge in [-0.2, -0.15) is 0 Å². The first-order chi connectivity index (χ1) is 10.3. The van der Waals surface area contributed by atoms with Gasteiger partial charge in [0, 0.05) is 17.1 Å². The van der Waals surface area contributed by atoms with Gasteiger partial charge < -0.3 is 5.73 Å². The number of fused-ring (bicyclic) bond motifs is 2. The van der Waals surface area contributed by atoms with Gasteiger partial charge in [-0.3, -0.25) is 4.98 Å². The fourth-order valence-electron chi connectivity index (χ4n) is 3.61. The number of nitrogens with two attached hydrogens (primary N) is 1. The highest BCUT2D eigenvalue weighted by Crippen LogP contribution is 2.40. The second-order valence-electron chi connectivity index (χ2n) is 5.86. The van der Waals surface area contributed by atoms with Gasteiger partial charge in [0.2, 0.25) is 0 Å². The SMILES string of the molecule is NC1(c2cccc3cccnc23)CCCc2ccccc21. The molecule has 21 heavy (non-hydrogen) atoms. The molecule has 0 saturated carbocycles. The van der Waals surface area contributed by atoms with E-state index < -0.39 is 5.54 Å². The van der Waals surface area contributed by atoms with Crippen molar-refractivity contribution in [2.24, 2.45) is 5.73 Å². The Labute approximate surface area is 124 Å². The molecular weight excluding hydrogens is 256 g/mol. The summed E-state index contributed by atoms with van der Waals surface area (Å²) in [6.45, 7) is 0. The molecule has 0 amide bonds. The highest BCUT2D eigenvalue weighted by molar-refractivity contribution is 5.83. The monoisotopic (exact) mass is 274 g/mol. The third-order valence-electron chi connectivity index (χ3n) is 4.63. The lowest BCUT2D eigenvalue weighted by molar-refractivity contribution is 0.445. The molecule has 104 valence electrons. The lowest BCUT2D eigenvalue weighted by atomic mass is 9.72. The predicted molar refractivity (Wildman–Crippen MR) is 86.1 cm³/mol. The summed E-state index contributed by atoms with van der Waals surface area (Å²) >= 11 is 0. The predicted octanol–water partition coefficient (Wildman–Crippen LogP) is 3.77. The zero-order valence-electron chi connectivity index (χ0n) is 11.9. The first-order valence-electron chi connectivity index (χ1n) is 7.50. The van der Waals surface area contributed by atoms with Gasteiger partial charge in [-0.25, -0.2) is 0 Å². The molecule has 0 spiro atoms. The van der Waals surface area contributed by atoms with E-state index in [-0.39, 0.29) is 0 Å². The molecule has 0 aliphatic heterocycles. The highest BCUT2D eigenvalue weighted by Gasteiger charge is 2.35. The molecule has 0 bridgehead atoms. The topological polar surface area (TPSA) is 38.9 Å². The fraction of sp³-hybridized carbons (Fsp3) is 0.211. The molecule has 2 N–H and O–H groups in total. The minimum absolute atomic E-state index is 0.428. The van der Waals surface area contributed by atoms with Crippen LogP contribution in [0.1, 0.15) is 29.5 Å². The number of aryl methyl sites for hydroxylation is 1. The molecule has 3 aromatic rings. The average molecular weight is 274 g/mol. The van der Waals surface area contributed by atoms with Gasteiger partial charge in [-0.15, -0.1) is 0 Å². The summed E-state index contributed by atoms with van der Waals surface area (Å²) in [6.07, 6.45) is 5.06. The minimum Gasteiger partial charge on any atom is -0.318 e. The molecule has 0 fully saturated rings. The van der Waals surface area contributed by atoms with Gasteiger partial charge >= 0.3 is 0 Å². The zero-order valence-corrected chi connectivity index (χ0v) is 11.9. The molecule has 1 unspecified atom stereocenters. The molecule has 1 heterocycles. The second kappa shape index (κ2) is 4.68. The van der Waals surface area contributed by atoms with E-state index in [1.54, 1.807) is 0 Å². The van der Waals surface area contributed by atoms with E-state index in [1.165, 1.54) is 11.1 Å². The molecule has 2 heteroatoms. The molecule has 1 aromatic heterocycles. The molecule has 2 aromatic carbocycles. The Morgan fingerprint density at radius 3 is 2.67 bits per heavy atom. The van der Waals surface area contributed by atoms with Gasteiger partial charge in [0.1, 0.15) is 0 Å². The van der Waals surface area contributed by atoms with Gasteiger partial charge in [0.25, 0.3) is 0 Å². The number of benzene rings is 2. The highest BCUT2D eigenvalue weighted by atomic mass is 14.8. The van der Waals surface area contributed by atoms with Crippen molar-refractivity contribution in [3.63, 3.8) is 0 Å². The quantitative estimate of drug-likeness (QED) is 0.733. The van der Waals surface area contributed by atoms with E-state index in [9.17, 15) is 0 Å². The first kappa shape index (κ1) is 12.5. The smallest absolute Gasteiger partial charge is 0.0755 e. The van der Waals surface area contributed by atoms with Gasteiger partial charge in [-0.05, 0) is 36.5 Å².